The quantitative estimate of drug-likeness (QED) is 0.337. The molecule has 10 N–H and O–H groups in total. The second-order valence-electron chi connectivity index (χ2n) is 4.59. The average Bonchev–Trinajstić information content (AvgIpc) is 2.24. The summed E-state index contributed by atoms with van der Waals surface area (Å²) in [5.74, 6) is 0. The molecule has 0 fully saturated rings. The highest BCUT2D eigenvalue weighted by Gasteiger charge is 2.09. The van der Waals surface area contributed by atoms with Gasteiger partial charge < -0.3 is 28.7 Å². The Morgan fingerprint density at radius 2 is 0.750 bits per heavy atom. The summed E-state index contributed by atoms with van der Waals surface area (Å²) in [4.78, 5) is 0. The SMILES string of the molecule is NCCC(N)CCC(N)CCC(N)CCN. The van der Waals surface area contributed by atoms with Gasteiger partial charge in [0.2, 0.25) is 0 Å². The van der Waals surface area contributed by atoms with Crippen molar-refractivity contribution < 1.29 is 0 Å². The Hall–Kier alpha value is -0.200. The summed E-state index contributed by atoms with van der Waals surface area (Å²) in [6.07, 6.45) is 5.56. The molecule has 16 heavy (non-hydrogen) atoms. The van der Waals surface area contributed by atoms with E-state index in [0.717, 1.165) is 38.5 Å². The lowest BCUT2D eigenvalue weighted by Crippen LogP contribution is -2.30. The molecule has 0 saturated carbocycles. The van der Waals surface area contributed by atoms with Gasteiger partial charge in [0.1, 0.15) is 0 Å². The van der Waals surface area contributed by atoms with Crippen LogP contribution in [0.4, 0.5) is 0 Å². The van der Waals surface area contributed by atoms with Gasteiger partial charge in [0.05, 0.1) is 0 Å². The van der Waals surface area contributed by atoms with Crippen LogP contribution in [-0.4, -0.2) is 31.2 Å². The van der Waals surface area contributed by atoms with Gasteiger partial charge in [-0.15, -0.1) is 0 Å². The van der Waals surface area contributed by atoms with Gasteiger partial charge in [0.25, 0.3) is 0 Å². The molecule has 5 nitrogen and oxygen atoms in total. The van der Waals surface area contributed by atoms with Crippen molar-refractivity contribution in [3.05, 3.63) is 0 Å². The first-order chi connectivity index (χ1) is 7.60. The third kappa shape index (κ3) is 9.06. The Morgan fingerprint density at radius 1 is 0.500 bits per heavy atom. The first-order valence-electron chi connectivity index (χ1n) is 6.27. The Balaban J connectivity index is 3.46. The first kappa shape index (κ1) is 15.8. The molecule has 2 unspecified atom stereocenters. The van der Waals surface area contributed by atoms with Crippen molar-refractivity contribution in [3.8, 4) is 0 Å². The molecule has 0 saturated heterocycles. The van der Waals surface area contributed by atoms with Gasteiger partial charge in [0.15, 0.2) is 0 Å². The zero-order valence-electron chi connectivity index (χ0n) is 10.3. The third-order valence-electron chi connectivity index (χ3n) is 2.89. The van der Waals surface area contributed by atoms with Gasteiger partial charge in [-0.05, 0) is 51.6 Å². The zero-order valence-corrected chi connectivity index (χ0v) is 10.3. The van der Waals surface area contributed by atoms with E-state index in [9.17, 15) is 0 Å². The van der Waals surface area contributed by atoms with Gasteiger partial charge in [-0.1, -0.05) is 0 Å². The van der Waals surface area contributed by atoms with E-state index in [1.165, 1.54) is 0 Å². The number of nitrogens with two attached hydrogens (primary N) is 5. The molecule has 2 atom stereocenters. The number of hydrogen-bond donors (Lipinski definition) is 5. The molecule has 0 rings (SSSR count). The van der Waals surface area contributed by atoms with Crippen LogP contribution in [0.15, 0.2) is 0 Å². The topological polar surface area (TPSA) is 130 Å². The van der Waals surface area contributed by atoms with Crippen molar-refractivity contribution in [2.75, 3.05) is 13.1 Å². The minimum absolute atomic E-state index is 0.189. The maximum absolute atomic E-state index is 5.99. The van der Waals surface area contributed by atoms with E-state index in [0.29, 0.717) is 13.1 Å². The highest BCUT2D eigenvalue weighted by molar-refractivity contribution is 4.71. The molecule has 0 aromatic rings. The molecule has 0 aliphatic carbocycles. The summed E-state index contributed by atoms with van der Waals surface area (Å²) in [6.45, 7) is 1.30. The molecule has 0 bridgehead atoms. The normalized spacial score (nSPS) is 17.1. The standard InChI is InChI=1S/C11H29N5/c12-7-5-10(15)3-1-9(14)2-4-11(16)6-8-13/h9-11H,1-8,12-16H2. The molecule has 0 radical (unpaired) electrons. The minimum Gasteiger partial charge on any atom is -0.330 e. The van der Waals surface area contributed by atoms with E-state index >= 15 is 0 Å². The van der Waals surface area contributed by atoms with Crippen LogP contribution in [0.5, 0.6) is 0 Å². The monoisotopic (exact) mass is 231 g/mol. The highest BCUT2D eigenvalue weighted by atomic mass is 14.7. The van der Waals surface area contributed by atoms with Crippen LogP contribution < -0.4 is 28.7 Å². The maximum atomic E-state index is 5.99. The summed E-state index contributed by atoms with van der Waals surface area (Å²) in [5.41, 5.74) is 28.6. The third-order valence-corrected chi connectivity index (χ3v) is 2.89. The van der Waals surface area contributed by atoms with Crippen LogP contribution in [0.25, 0.3) is 0 Å². The van der Waals surface area contributed by atoms with Gasteiger partial charge in [-0.25, -0.2) is 0 Å². The van der Waals surface area contributed by atoms with E-state index in [1.54, 1.807) is 0 Å². The Labute approximate surface area is 99.1 Å². The zero-order chi connectivity index (χ0) is 12.4. The lowest BCUT2D eigenvalue weighted by Gasteiger charge is -2.17. The average molecular weight is 231 g/mol. The summed E-state index contributed by atoms with van der Waals surface area (Å²) in [6, 6.07) is 0.579. The van der Waals surface area contributed by atoms with Crippen molar-refractivity contribution in [1.29, 1.82) is 0 Å². The molecule has 5 heteroatoms. The summed E-state index contributed by atoms with van der Waals surface area (Å²) in [7, 11) is 0. The fourth-order valence-corrected chi connectivity index (χ4v) is 1.72. The Morgan fingerprint density at radius 3 is 1.00 bits per heavy atom. The summed E-state index contributed by atoms with van der Waals surface area (Å²) >= 11 is 0. The van der Waals surface area contributed by atoms with Crippen LogP contribution >= 0.6 is 0 Å². The molecule has 0 heterocycles. The van der Waals surface area contributed by atoms with Crippen molar-refractivity contribution in [1.82, 2.24) is 0 Å². The molecule has 0 aromatic carbocycles. The van der Waals surface area contributed by atoms with Crippen molar-refractivity contribution in [3.63, 3.8) is 0 Å². The van der Waals surface area contributed by atoms with Crippen LogP contribution in [0.2, 0.25) is 0 Å². The van der Waals surface area contributed by atoms with Crippen LogP contribution in [0.3, 0.4) is 0 Å². The van der Waals surface area contributed by atoms with E-state index < -0.39 is 0 Å². The molecule has 0 aliphatic heterocycles. The number of rotatable bonds is 10. The molecular formula is C11H29N5. The lowest BCUT2D eigenvalue weighted by atomic mass is 9.99. The van der Waals surface area contributed by atoms with Gasteiger partial charge in [-0.3, -0.25) is 0 Å². The van der Waals surface area contributed by atoms with Crippen molar-refractivity contribution in [2.24, 2.45) is 28.7 Å². The van der Waals surface area contributed by atoms with Crippen molar-refractivity contribution >= 4 is 0 Å². The minimum atomic E-state index is 0.189. The van der Waals surface area contributed by atoms with E-state index in [1.807, 2.05) is 0 Å². The maximum Gasteiger partial charge on any atom is 0.00514 e. The van der Waals surface area contributed by atoms with E-state index in [-0.39, 0.29) is 18.1 Å². The first-order valence-corrected chi connectivity index (χ1v) is 6.27. The fraction of sp³-hybridized carbons (Fsp3) is 1.00. The van der Waals surface area contributed by atoms with Crippen LogP contribution in [0.1, 0.15) is 38.5 Å². The predicted molar refractivity (Wildman–Crippen MR) is 69.7 cm³/mol. The molecule has 0 amide bonds. The Kier molecular flexibility index (Phi) is 9.86. The molecule has 0 aromatic heterocycles. The van der Waals surface area contributed by atoms with Gasteiger partial charge in [0, 0.05) is 18.1 Å². The van der Waals surface area contributed by atoms with Crippen LogP contribution in [0, 0.1) is 0 Å². The van der Waals surface area contributed by atoms with E-state index in [4.69, 9.17) is 28.7 Å². The smallest absolute Gasteiger partial charge is 0.00514 e. The summed E-state index contributed by atoms with van der Waals surface area (Å²) in [5, 5.41) is 0. The second-order valence-corrected chi connectivity index (χ2v) is 4.59. The van der Waals surface area contributed by atoms with Crippen molar-refractivity contribution in [2.45, 2.75) is 56.7 Å². The van der Waals surface area contributed by atoms with Gasteiger partial charge in [-0.2, -0.15) is 0 Å². The predicted octanol–water partition coefficient (Wildman–Crippen LogP) is -0.774. The molecule has 0 aliphatic rings. The van der Waals surface area contributed by atoms with Gasteiger partial charge >= 0.3 is 0 Å². The summed E-state index contributed by atoms with van der Waals surface area (Å²) < 4.78 is 0. The number of hydrogen-bond acceptors (Lipinski definition) is 5. The highest BCUT2D eigenvalue weighted by Crippen LogP contribution is 2.08. The largest absolute Gasteiger partial charge is 0.330 e. The fourth-order valence-electron chi connectivity index (χ4n) is 1.72. The van der Waals surface area contributed by atoms with E-state index in [2.05, 4.69) is 0 Å². The molecule has 98 valence electrons. The molecule has 0 spiro atoms. The lowest BCUT2D eigenvalue weighted by molar-refractivity contribution is 0.449. The second kappa shape index (κ2) is 9.99. The van der Waals surface area contributed by atoms with Crippen LogP contribution in [-0.2, 0) is 0 Å². The molecular weight excluding hydrogens is 202 g/mol. The Bertz CT molecular complexity index is 137.